The summed E-state index contributed by atoms with van der Waals surface area (Å²) in [5.74, 6) is 1.49. The van der Waals surface area contributed by atoms with Crippen LogP contribution in [0.1, 0.15) is 5.56 Å². The van der Waals surface area contributed by atoms with E-state index in [9.17, 15) is 8.42 Å². The average molecular weight is 351 g/mol. The highest BCUT2D eigenvalue weighted by molar-refractivity contribution is 7.89. The summed E-state index contributed by atoms with van der Waals surface area (Å²) in [6.45, 7) is 0.195. The van der Waals surface area contributed by atoms with Gasteiger partial charge < -0.3 is 14.2 Å². The van der Waals surface area contributed by atoms with E-state index in [0.717, 1.165) is 5.56 Å². The van der Waals surface area contributed by atoms with Crippen molar-refractivity contribution in [1.82, 2.24) is 4.31 Å². The molecule has 7 heteroatoms. The minimum absolute atomic E-state index is 0.137. The molecule has 2 aromatic rings. The van der Waals surface area contributed by atoms with E-state index in [-0.39, 0.29) is 11.4 Å². The van der Waals surface area contributed by atoms with E-state index in [2.05, 4.69) is 0 Å². The molecule has 0 saturated carbocycles. The van der Waals surface area contributed by atoms with Crippen LogP contribution in [0.4, 0.5) is 0 Å². The number of rotatable bonds is 7. The third kappa shape index (κ3) is 3.63. The number of hydrogen-bond donors (Lipinski definition) is 0. The predicted molar refractivity (Wildman–Crippen MR) is 91.2 cm³/mol. The minimum atomic E-state index is -3.68. The van der Waals surface area contributed by atoms with Gasteiger partial charge in [-0.2, -0.15) is 4.31 Å². The molecule has 130 valence electrons. The summed E-state index contributed by atoms with van der Waals surface area (Å²) in [4.78, 5) is 0.137. The van der Waals surface area contributed by atoms with Crippen LogP contribution in [0.5, 0.6) is 17.2 Å². The molecule has 6 nitrogen and oxygen atoms in total. The molecule has 0 bridgehead atoms. The zero-order chi connectivity index (χ0) is 17.7. The lowest BCUT2D eigenvalue weighted by atomic mass is 10.2. The summed E-state index contributed by atoms with van der Waals surface area (Å²) < 4.78 is 42.4. The summed E-state index contributed by atoms with van der Waals surface area (Å²) in [5, 5.41) is 0. The molecule has 2 rings (SSSR count). The van der Waals surface area contributed by atoms with Crippen LogP contribution in [0.3, 0.4) is 0 Å². The Hall–Kier alpha value is -2.25. The normalized spacial score (nSPS) is 11.4. The first-order valence-electron chi connectivity index (χ1n) is 7.24. The SMILES string of the molecule is COc1ccccc1CN(C)S(=O)(=O)c1ccc(OC)c(OC)c1. The molecular weight excluding hydrogens is 330 g/mol. The number of nitrogens with zero attached hydrogens (tertiary/aromatic N) is 1. The topological polar surface area (TPSA) is 65.1 Å². The lowest BCUT2D eigenvalue weighted by molar-refractivity contribution is 0.353. The molecule has 0 aliphatic carbocycles. The van der Waals surface area contributed by atoms with Crippen molar-refractivity contribution in [3.05, 3.63) is 48.0 Å². The second-order valence-electron chi connectivity index (χ2n) is 5.09. The van der Waals surface area contributed by atoms with E-state index in [1.807, 2.05) is 18.2 Å². The van der Waals surface area contributed by atoms with Crippen LogP contribution in [-0.2, 0) is 16.6 Å². The van der Waals surface area contributed by atoms with Gasteiger partial charge in [-0.05, 0) is 18.2 Å². The van der Waals surface area contributed by atoms with E-state index >= 15 is 0 Å². The fraction of sp³-hybridized carbons (Fsp3) is 0.294. The van der Waals surface area contributed by atoms with Gasteiger partial charge in [0, 0.05) is 25.2 Å². The van der Waals surface area contributed by atoms with Crippen molar-refractivity contribution in [3.8, 4) is 17.2 Å². The number of para-hydroxylation sites is 1. The maximum Gasteiger partial charge on any atom is 0.243 e. The van der Waals surface area contributed by atoms with Crippen molar-refractivity contribution in [2.45, 2.75) is 11.4 Å². The zero-order valence-electron chi connectivity index (χ0n) is 14.1. The molecule has 0 unspecified atom stereocenters. The summed E-state index contributed by atoms with van der Waals surface area (Å²) >= 11 is 0. The van der Waals surface area contributed by atoms with Crippen LogP contribution in [0.25, 0.3) is 0 Å². The Labute approximate surface area is 142 Å². The molecule has 0 fully saturated rings. The smallest absolute Gasteiger partial charge is 0.243 e. The summed E-state index contributed by atoms with van der Waals surface area (Å²) in [7, 11) is 2.37. The van der Waals surface area contributed by atoms with Gasteiger partial charge in [-0.25, -0.2) is 8.42 Å². The standard InChI is InChI=1S/C17H21NO5S/c1-18(12-13-7-5-6-8-15(13)21-2)24(19,20)14-9-10-16(22-3)17(11-14)23-4/h5-11H,12H2,1-4H3. The Bertz CT molecular complexity index is 804. The Morgan fingerprint density at radius 2 is 1.50 bits per heavy atom. The van der Waals surface area contributed by atoms with Gasteiger partial charge in [0.05, 0.1) is 26.2 Å². The number of hydrogen-bond acceptors (Lipinski definition) is 5. The quantitative estimate of drug-likeness (QED) is 0.767. The molecule has 0 atom stereocenters. The van der Waals surface area contributed by atoms with Crippen LogP contribution in [-0.4, -0.2) is 41.1 Å². The number of ether oxygens (including phenoxy) is 3. The van der Waals surface area contributed by atoms with E-state index < -0.39 is 10.0 Å². The number of methoxy groups -OCH3 is 3. The van der Waals surface area contributed by atoms with Crippen LogP contribution in [0.15, 0.2) is 47.4 Å². The Kier molecular flexibility index (Phi) is 5.69. The van der Waals surface area contributed by atoms with Gasteiger partial charge in [0.15, 0.2) is 11.5 Å². The van der Waals surface area contributed by atoms with Crippen molar-refractivity contribution in [2.24, 2.45) is 0 Å². The monoisotopic (exact) mass is 351 g/mol. The van der Waals surface area contributed by atoms with Crippen LogP contribution < -0.4 is 14.2 Å². The maximum atomic E-state index is 12.8. The Morgan fingerprint density at radius 1 is 0.875 bits per heavy atom. The van der Waals surface area contributed by atoms with Crippen molar-refractivity contribution in [1.29, 1.82) is 0 Å². The fourth-order valence-electron chi connectivity index (χ4n) is 2.32. The van der Waals surface area contributed by atoms with Gasteiger partial charge in [-0.1, -0.05) is 18.2 Å². The predicted octanol–water partition coefficient (Wildman–Crippen LogP) is 2.53. The van der Waals surface area contributed by atoms with E-state index in [1.165, 1.54) is 37.7 Å². The first-order chi connectivity index (χ1) is 11.4. The molecule has 24 heavy (non-hydrogen) atoms. The highest BCUT2D eigenvalue weighted by Gasteiger charge is 2.23. The number of sulfonamides is 1. The molecule has 0 amide bonds. The molecule has 0 aliphatic rings. The van der Waals surface area contributed by atoms with Gasteiger partial charge in [-0.15, -0.1) is 0 Å². The summed E-state index contributed by atoms with van der Waals surface area (Å²) in [5.41, 5.74) is 0.784. The van der Waals surface area contributed by atoms with Gasteiger partial charge in [-0.3, -0.25) is 0 Å². The lowest BCUT2D eigenvalue weighted by Crippen LogP contribution is -2.26. The van der Waals surface area contributed by atoms with Gasteiger partial charge >= 0.3 is 0 Å². The second kappa shape index (κ2) is 7.55. The molecule has 0 heterocycles. The van der Waals surface area contributed by atoms with Crippen molar-refractivity contribution in [3.63, 3.8) is 0 Å². The Balaban J connectivity index is 2.32. The minimum Gasteiger partial charge on any atom is -0.496 e. The molecular formula is C17H21NO5S. The molecule has 0 saturated heterocycles. The molecule has 0 aliphatic heterocycles. The van der Waals surface area contributed by atoms with Crippen LogP contribution in [0.2, 0.25) is 0 Å². The van der Waals surface area contributed by atoms with E-state index in [4.69, 9.17) is 14.2 Å². The molecule has 2 aromatic carbocycles. The first kappa shape index (κ1) is 18.1. The van der Waals surface area contributed by atoms with E-state index in [0.29, 0.717) is 17.2 Å². The average Bonchev–Trinajstić information content (AvgIpc) is 2.61. The van der Waals surface area contributed by atoms with Gasteiger partial charge in [0.1, 0.15) is 5.75 Å². The zero-order valence-corrected chi connectivity index (χ0v) is 15.0. The number of benzene rings is 2. The van der Waals surface area contributed by atoms with Crippen molar-refractivity contribution >= 4 is 10.0 Å². The lowest BCUT2D eigenvalue weighted by Gasteiger charge is -2.19. The molecule has 0 spiro atoms. The van der Waals surface area contributed by atoms with Crippen molar-refractivity contribution < 1.29 is 22.6 Å². The first-order valence-corrected chi connectivity index (χ1v) is 8.68. The summed E-state index contributed by atoms with van der Waals surface area (Å²) in [6.07, 6.45) is 0. The molecule has 0 radical (unpaired) electrons. The second-order valence-corrected chi connectivity index (χ2v) is 7.13. The van der Waals surface area contributed by atoms with Crippen LogP contribution >= 0.6 is 0 Å². The Morgan fingerprint density at radius 3 is 2.12 bits per heavy atom. The maximum absolute atomic E-state index is 12.8. The van der Waals surface area contributed by atoms with Crippen molar-refractivity contribution in [2.75, 3.05) is 28.4 Å². The summed E-state index contributed by atoms with van der Waals surface area (Å²) in [6, 6.07) is 11.8. The highest BCUT2D eigenvalue weighted by atomic mass is 32.2. The highest BCUT2D eigenvalue weighted by Crippen LogP contribution is 2.31. The van der Waals surface area contributed by atoms with Gasteiger partial charge in [0.2, 0.25) is 10.0 Å². The largest absolute Gasteiger partial charge is 0.496 e. The van der Waals surface area contributed by atoms with Crippen LogP contribution in [0, 0.1) is 0 Å². The van der Waals surface area contributed by atoms with Gasteiger partial charge in [0.25, 0.3) is 0 Å². The van der Waals surface area contributed by atoms with E-state index in [1.54, 1.807) is 19.2 Å². The third-order valence-electron chi connectivity index (χ3n) is 3.65. The third-order valence-corrected chi connectivity index (χ3v) is 5.45. The fourth-order valence-corrected chi connectivity index (χ4v) is 3.48. The molecule has 0 N–H and O–H groups in total. The molecule has 0 aromatic heterocycles.